The van der Waals surface area contributed by atoms with Gasteiger partial charge in [-0.15, -0.1) is 0 Å². The molecule has 2 atom stereocenters. The van der Waals surface area contributed by atoms with Crippen molar-refractivity contribution in [2.45, 2.75) is 46.6 Å². The average Bonchev–Trinajstić information content (AvgIpc) is 2.54. The Balaban J connectivity index is 1.96. The first-order chi connectivity index (χ1) is 10.8. The molecule has 0 aromatic heterocycles. The fourth-order valence-electron chi connectivity index (χ4n) is 3.01. The first-order valence-electron chi connectivity index (χ1n) is 8.43. The summed E-state index contributed by atoms with van der Waals surface area (Å²) in [6, 6.07) is 9.93. The van der Waals surface area contributed by atoms with E-state index in [1.807, 2.05) is 62.9 Å². The van der Waals surface area contributed by atoms with Gasteiger partial charge in [-0.1, -0.05) is 51.1 Å². The van der Waals surface area contributed by atoms with Crippen LogP contribution in [0.5, 0.6) is 0 Å². The smallest absolute Gasteiger partial charge is 0.227 e. The Morgan fingerprint density at radius 3 is 2.48 bits per heavy atom. The number of benzene rings is 1. The average molecular weight is 316 g/mol. The molecule has 4 heteroatoms. The molecule has 126 valence electrons. The summed E-state index contributed by atoms with van der Waals surface area (Å²) in [5, 5.41) is 3.09. The lowest BCUT2D eigenvalue weighted by atomic mass is 9.90. The molecular weight excluding hydrogens is 288 g/mol. The van der Waals surface area contributed by atoms with Crippen LogP contribution in [-0.2, 0) is 9.59 Å². The fourth-order valence-corrected chi connectivity index (χ4v) is 3.01. The molecular formula is C19H28N2O2. The van der Waals surface area contributed by atoms with E-state index in [0.717, 1.165) is 24.9 Å². The van der Waals surface area contributed by atoms with Gasteiger partial charge in [0.15, 0.2) is 0 Å². The summed E-state index contributed by atoms with van der Waals surface area (Å²) in [6.07, 6.45) is 1.74. The summed E-state index contributed by atoms with van der Waals surface area (Å²) in [5.41, 5.74) is 0.703. The van der Waals surface area contributed by atoms with E-state index in [4.69, 9.17) is 0 Å². The van der Waals surface area contributed by atoms with E-state index in [-0.39, 0.29) is 23.8 Å². The third kappa shape index (κ3) is 4.57. The highest BCUT2D eigenvalue weighted by Crippen LogP contribution is 2.24. The molecule has 0 bridgehead atoms. The number of rotatable bonds is 3. The minimum absolute atomic E-state index is 0.0163. The summed E-state index contributed by atoms with van der Waals surface area (Å²) in [5.74, 6) is 0.0695. The predicted molar refractivity (Wildman–Crippen MR) is 91.8 cm³/mol. The molecule has 0 saturated carbocycles. The first-order valence-corrected chi connectivity index (χ1v) is 8.43. The highest BCUT2D eigenvalue weighted by Gasteiger charge is 2.33. The molecule has 1 N–H and O–H groups in total. The minimum Gasteiger partial charge on any atom is -0.349 e. The summed E-state index contributed by atoms with van der Waals surface area (Å²) in [7, 11) is 0. The van der Waals surface area contributed by atoms with Crippen LogP contribution in [0.3, 0.4) is 0 Å². The van der Waals surface area contributed by atoms with Crippen LogP contribution < -0.4 is 5.32 Å². The van der Waals surface area contributed by atoms with Crippen molar-refractivity contribution < 1.29 is 9.59 Å². The zero-order valence-electron chi connectivity index (χ0n) is 14.6. The number of hydrogen-bond donors (Lipinski definition) is 1. The van der Waals surface area contributed by atoms with Gasteiger partial charge in [0.25, 0.3) is 0 Å². The number of carbonyl (C=O) groups excluding carboxylic acids is 2. The summed E-state index contributed by atoms with van der Waals surface area (Å²) in [6.45, 7) is 9.06. The number of likely N-dealkylation sites (tertiary alicyclic amines) is 1. The lowest BCUT2D eigenvalue weighted by molar-refractivity contribution is -0.142. The molecule has 1 fully saturated rings. The standard InChI is InChI=1S/C19H28N2O2/c1-14(15-9-6-5-7-10-15)20-17(22)16-11-8-12-21(13-16)18(23)19(2,3)4/h5-7,9-10,14,16H,8,11-13H2,1-4H3,(H,20,22)/t14-,16-/m0/s1. The molecule has 1 aliphatic rings. The van der Waals surface area contributed by atoms with E-state index in [2.05, 4.69) is 5.32 Å². The molecule has 0 radical (unpaired) electrons. The largest absolute Gasteiger partial charge is 0.349 e. The normalized spacial score (nSPS) is 20.0. The number of hydrogen-bond acceptors (Lipinski definition) is 2. The van der Waals surface area contributed by atoms with E-state index in [1.165, 1.54) is 0 Å². The van der Waals surface area contributed by atoms with Crippen LogP contribution in [0.15, 0.2) is 30.3 Å². The predicted octanol–water partition coefficient (Wildman–Crippen LogP) is 3.15. The van der Waals surface area contributed by atoms with Crippen molar-refractivity contribution >= 4 is 11.8 Å². The Bertz CT molecular complexity index is 548. The highest BCUT2D eigenvalue weighted by molar-refractivity contribution is 5.84. The second kappa shape index (κ2) is 7.16. The number of amides is 2. The van der Waals surface area contributed by atoms with Gasteiger partial charge in [-0.2, -0.15) is 0 Å². The van der Waals surface area contributed by atoms with Crippen LogP contribution in [-0.4, -0.2) is 29.8 Å². The Morgan fingerprint density at radius 2 is 1.87 bits per heavy atom. The molecule has 1 aromatic carbocycles. The van der Waals surface area contributed by atoms with Gasteiger partial charge in [0, 0.05) is 18.5 Å². The minimum atomic E-state index is -0.393. The van der Waals surface area contributed by atoms with Crippen molar-refractivity contribution in [2.75, 3.05) is 13.1 Å². The number of piperidine rings is 1. The number of nitrogens with zero attached hydrogens (tertiary/aromatic N) is 1. The summed E-state index contributed by atoms with van der Waals surface area (Å²) < 4.78 is 0. The molecule has 23 heavy (non-hydrogen) atoms. The number of nitrogens with one attached hydrogen (secondary N) is 1. The van der Waals surface area contributed by atoms with Gasteiger partial charge in [-0.05, 0) is 25.3 Å². The summed E-state index contributed by atoms with van der Waals surface area (Å²) >= 11 is 0. The zero-order chi connectivity index (χ0) is 17.0. The fraction of sp³-hybridized carbons (Fsp3) is 0.579. The van der Waals surface area contributed by atoms with E-state index in [9.17, 15) is 9.59 Å². The second-order valence-electron chi connectivity index (χ2n) is 7.48. The zero-order valence-corrected chi connectivity index (χ0v) is 14.6. The van der Waals surface area contributed by atoms with Gasteiger partial charge >= 0.3 is 0 Å². The lowest BCUT2D eigenvalue weighted by Gasteiger charge is -2.36. The van der Waals surface area contributed by atoms with E-state index in [0.29, 0.717) is 6.54 Å². The van der Waals surface area contributed by atoms with Gasteiger partial charge < -0.3 is 10.2 Å². The molecule has 0 aliphatic carbocycles. The quantitative estimate of drug-likeness (QED) is 0.931. The molecule has 0 unspecified atom stereocenters. The maximum absolute atomic E-state index is 12.6. The van der Waals surface area contributed by atoms with Gasteiger partial charge in [-0.3, -0.25) is 9.59 Å². The second-order valence-corrected chi connectivity index (χ2v) is 7.48. The van der Waals surface area contributed by atoms with Crippen molar-refractivity contribution in [2.24, 2.45) is 11.3 Å². The maximum Gasteiger partial charge on any atom is 0.227 e. The Hall–Kier alpha value is -1.84. The van der Waals surface area contributed by atoms with Crippen molar-refractivity contribution in [1.82, 2.24) is 10.2 Å². The third-order valence-electron chi connectivity index (χ3n) is 4.38. The van der Waals surface area contributed by atoms with E-state index >= 15 is 0 Å². The number of carbonyl (C=O) groups is 2. The molecule has 1 heterocycles. The van der Waals surface area contributed by atoms with Crippen molar-refractivity contribution in [3.05, 3.63) is 35.9 Å². The van der Waals surface area contributed by atoms with E-state index < -0.39 is 5.41 Å². The molecule has 1 aliphatic heterocycles. The van der Waals surface area contributed by atoms with Crippen molar-refractivity contribution in [3.63, 3.8) is 0 Å². The Morgan fingerprint density at radius 1 is 1.22 bits per heavy atom. The summed E-state index contributed by atoms with van der Waals surface area (Å²) in [4.78, 5) is 26.8. The first kappa shape index (κ1) is 17.5. The molecule has 2 amide bonds. The Kier molecular flexibility index (Phi) is 5.45. The van der Waals surface area contributed by atoms with Crippen LogP contribution in [0.4, 0.5) is 0 Å². The van der Waals surface area contributed by atoms with Crippen LogP contribution in [0.25, 0.3) is 0 Å². The van der Waals surface area contributed by atoms with Gasteiger partial charge in [-0.25, -0.2) is 0 Å². The van der Waals surface area contributed by atoms with Gasteiger partial charge in [0.2, 0.25) is 11.8 Å². The lowest BCUT2D eigenvalue weighted by Crippen LogP contribution is -2.48. The topological polar surface area (TPSA) is 49.4 Å². The van der Waals surface area contributed by atoms with Gasteiger partial charge in [0.1, 0.15) is 0 Å². The highest BCUT2D eigenvalue weighted by atomic mass is 16.2. The van der Waals surface area contributed by atoms with Crippen molar-refractivity contribution in [1.29, 1.82) is 0 Å². The molecule has 4 nitrogen and oxygen atoms in total. The molecule has 0 spiro atoms. The van der Waals surface area contributed by atoms with E-state index in [1.54, 1.807) is 0 Å². The van der Waals surface area contributed by atoms with Crippen LogP contribution in [0, 0.1) is 11.3 Å². The SMILES string of the molecule is C[C@H](NC(=O)[C@H]1CCCN(C(=O)C(C)(C)C)C1)c1ccccc1. The van der Waals surface area contributed by atoms with Crippen molar-refractivity contribution in [3.8, 4) is 0 Å². The third-order valence-corrected chi connectivity index (χ3v) is 4.38. The maximum atomic E-state index is 12.6. The van der Waals surface area contributed by atoms with Crippen LogP contribution >= 0.6 is 0 Å². The van der Waals surface area contributed by atoms with Gasteiger partial charge in [0.05, 0.1) is 12.0 Å². The molecule has 1 aromatic rings. The Labute approximate surface area is 139 Å². The molecule has 2 rings (SSSR count). The molecule has 1 saturated heterocycles. The van der Waals surface area contributed by atoms with Crippen LogP contribution in [0.1, 0.15) is 52.1 Å². The van der Waals surface area contributed by atoms with Crippen LogP contribution in [0.2, 0.25) is 0 Å². The monoisotopic (exact) mass is 316 g/mol.